The molecule has 13 heavy (non-hydrogen) atoms. The third-order valence-corrected chi connectivity index (χ3v) is 1.51. The molecule has 0 aliphatic heterocycles. The van der Waals surface area contributed by atoms with Gasteiger partial charge in [-0.3, -0.25) is 0 Å². The van der Waals surface area contributed by atoms with Crippen LogP contribution in [0.5, 0.6) is 0 Å². The van der Waals surface area contributed by atoms with Gasteiger partial charge in [-0.2, -0.15) is 0 Å². The molecule has 0 aromatic carbocycles. The van der Waals surface area contributed by atoms with Gasteiger partial charge in [-0.15, -0.1) is 0 Å². The van der Waals surface area contributed by atoms with Crippen molar-refractivity contribution in [2.24, 2.45) is 0 Å². The van der Waals surface area contributed by atoms with E-state index in [9.17, 15) is 4.79 Å². The topological polar surface area (TPSA) is 39.2 Å². The van der Waals surface area contributed by atoms with Crippen molar-refractivity contribution in [1.82, 2.24) is 4.98 Å². The molecule has 4 heteroatoms. The molecule has 0 atom stereocenters. The van der Waals surface area contributed by atoms with Gasteiger partial charge < -0.3 is 4.74 Å². The molecule has 0 saturated heterocycles. The lowest BCUT2D eigenvalue weighted by atomic mass is 10.3. The molecule has 0 amide bonds. The number of pyridine rings is 1. The fourth-order valence-electron chi connectivity index (χ4n) is 0.812. The number of aromatic nitrogens is 1. The number of esters is 1. The summed E-state index contributed by atoms with van der Waals surface area (Å²) in [5.74, 6) is -0.376. The van der Waals surface area contributed by atoms with Crippen molar-refractivity contribution in [2.45, 2.75) is 20.0 Å². The standard InChI is InChI=1S/C9H10ClNO2/c1-6(2)13-9(12)7-3-4-11-8(10)5-7/h3-6H,1-2H3. The van der Waals surface area contributed by atoms with Crippen molar-refractivity contribution in [2.75, 3.05) is 0 Å². The van der Waals surface area contributed by atoms with Gasteiger partial charge in [-0.1, -0.05) is 11.6 Å². The first-order valence-corrected chi connectivity index (χ1v) is 4.30. The Morgan fingerprint density at radius 1 is 1.62 bits per heavy atom. The fraction of sp³-hybridized carbons (Fsp3) is 0.333. The molecule has 0 aliphatic carbocycles. The molecule has 0 bridgehead atoms. The SMILES string of the molecule is CC(C)OC(=O)c1ccnc(Cl)c1. The van der Waals surface area contributed by atoms with Gasteiger partial charge in [-0.25, -0.2) is 9.78 Å². The predicted octanol–water partition coefficient (Wildman–Crippen LogP) is 2.30. The van der Waals surface area contributed by atoms with Crippen molar-refractivity contribution in [3.05, 3.63) is 29.0 Å². The largest absolute Gasteiger partial charge is 0.459 e. The van der Waals surface area contributed by atoms with Crippen LogP contribution in [0.4, 0.5) is 0 Å². The molecule has 0 unspecified atom stereocenters. The molecule has 0 spiro atoms. The summed E-state index contributed by atoms with van der Waals surface area (Å²) in [4.78, 5) is 15.1. The molecule has 1 heterocycles. The maximum Gasteiger partial charge on any atom is 0.338 e. The Morgan fingerprint density at radius 2 is 2.31 bits per heavy atom. The third kappa shape index (κ3) is 3.03. The van der Waals surface area contributed by atoms with Crippen molar-refractivity contribution in [1.29, 1.82) is 0 Å². The monoisotopic (exact) mass is 199 g/mol. The number of hydrogen-bond donors (Lipinski definition) is 0. The number of ether oxygens (including phenoxy) is 1. The first-order valence-electron chi connectivity index (χ1n) is 3.92. The van der Waals surface area contributed by atoms with E-state index in [0.29, 0.717) is 10.7 Å². The van der Waals surface area contributed by atoms with Crippen LogP contribution < -0.4 is 0 Å². The van der Waals surface area contributed by atoms with E-state index in [1.807, 2.05) is 0 Å². The number of halogens is 1. The summed E-state index contributed by atoms with van der Waals surface area (Å²) in [6, 6.07) is 3.04. The maximum atomic E-state index is 11.3. The van der Waals surface area contributed by atoms with Crippen LogP contribution >= 0.6 is 11.6 Å². The zero-order valence-electron chi connectivity index (χ0n) is 7.45. The van der Waals surface area contributed by atoms with Crippen LogP contribution in [0.3, 0.4) is 0 Å². The minimum absolute atomic E-state index is 0.126. The van der Waals surface area contributed by atoms with E-state index < -0.39 is 0 Å². The summed E-state index contributed by atoms with van der Waals surface area (Å²) < 4.78 is 4.97. The highest BCUT2D eigenvalue weighted by Crippen LogP contribution is 2.09. The van der Waals surface area contributed by atoms with Gasteiger partial charge in [0.1, 0.15) is 5.15 Å². The Bertz CT molecular complexity index is 312. The second kappa shape index (κ2) is 4.23. The van der Waals surface area contributed by atoms with E-state index in [1.165, 1.54) is 12.3 Å². The molecule has 0 N–H and O–H groups in total. The second-order valence-electron chi connectivity index (χ2n) is 2.82. The lowest BCUT2D eigenvalue weighted by molar-refractivity contribution is 0.0378. The van der Waals surface area contributed by atoms with Gasteiger partial charge in [0.05, 0.1) is 11.7 Å². The molecular formula is C9H10ClNO2. The van der Waals surface area contributed by atoms with E-state index in [4.69, 9.17) is 16.3 Å². The Labute approximate surface area is 81.7 Å². The Morgan fingerprint density at radius 3 is 2.85 bits per heavy atom. The van der Waals surface area contributed by atoms with Gasteiger partial charge >= 0.3 is 5.97 Å². The fourth-order valence-corrected chi connectivity index (χ4v) is 0.985. The maximum absolute atomic E-state index is 11.3. The van der Waals surface area contributed by atoms with Crippen LogP contribution in [0, 0.1) is 0 Å². The smallest absolute Gasteiger partial charge is 0.338 e. The predicted molar refractivity (Wildman–Crippen MR) is 49.8 cm³/mol. The molecular weight excluding hydrogens is 190 g/mol. The second-order valence-corrected chi connectivity index (χ2v) is 3.21. The average Bonchev–Trinajstić information content (AvgIpc) is 2.03. The zero-order valence-corrected chi connectivity index (χ0v) is 8.21. The molecule has 1 aromatic rings. The lowest BCUT2D eigenvalue weighted by Crippen LogP contribution is -2.11. The number of rotatable bonds is 2. The first-order chi connectivity index (χ1) is 6.09. The van der Waals surface area contributed by atoms with Crippen LogP contribution in [0.15, 0.2) is 18.3 Å². The van der Waals surface area contributed by atoms with Gasteiger partial charge in [0.25, 0.3) is 0 Å². The van der Waals surface area contributed by atoms with Gasteiger partial charge in [0.2, 0.25) is 0 Å². The molecule has 3 nitrogen and oxygen atoms in total. The van der Waals surface area contributed by atoms with Crippen molar-refractivity contribution < 1.29 is 9.53 Å². The highest BCUT2D eigenvalue weighted by atomic mass is 35.5. The number of carbonyl (C=O) groups excluding carboxylic acids is 1. The Hall–Kier alpha value is -1.09. The number of nitrogens with zero attached hydrogens (tertiary/aromatic N) is 1. The Balaban J connectivity index is 2.77. The van der Waals surface area contributed by atoms with Gasteiger partial charge in [0, 0.05) is 6.20 Å². The third-order valence-electron chi connectivity index (χ3n) is 1.31. The summed E-state index contributed by atoms with van der Waals surface area (Å²) in [5, 5.41) is 0.290. The van der Waals surface area contributed by atoms with E-state index in [1.54, 1.807) is 19.9 Å². The quantitative estimate of drug-likeness (QED) is 0.542. The van der Waals surface area contributed by atoms with E-state index in [2.05, 4.69) is 4.98 Å². The molecule has 0 radical (unpaired) electrons. The minimum atomic E-state index is -0.376. The van der Waals surface area contributed by atoms with E-state index >= 15 is 0 Å². The van der Waals surface area contributed by atoms with Crippen molar-refractivity contribution in [3.8, 4) is 0 Å². The molecule has 1 rings (SSSR count). The van der Waals surface area contributed by atoms with Gasteiger partial charge in [-0.05, 0) is 26.0 Å². The van der Waals surface area contributed by atoms with E-state index in [-0.39, 0.29) is 12.1 Å². The highest BCUT2D eigenvalue weighted by Gasteiger charge is 2.08. The van der Waals surface area contributed by atoms with Gasteiger partial charge in [0.15, 0.2) is 0 Å². The highest BCUT2D eigenvalue weighted by molar-refractivity contribution is 6.29. The average molecular weight is 200 g/mol. The lowest BCUT2D eigenvalue weighted by Gasteiger charge is -2.07. The first kappa shape index (κ1) is 9.99. The molecule has 70 valence electrons. The van der Waals surface area contributed by atoms with Crippen molar-refractivity contribution in [3.63, 3.8) is 0 Å². The summed E-state index contributed by atoms with van der Waals surface area (Å²) >= 11 is 5.61. The Kier molecular flexibility index (Phi) is 3.25. The summed E-state index contributed by atoms with van der Waals surface area (Å²) in [6.07, 6.45) is 1.35. The van der Waals surface area contributed by atoms with Crippen LogP contribution in [-0.2, 0) is 4.74 Å². The summed E-state index contributed by atoms with van der Waals surface area (Å²) in [5.41, 5.74) is 0.425. The van der Waals surface area contributed by atoms with Crippen LogP contribution in [-0.4, -0.2) is 17.1 Å². The molecule has 0 aliphatic rings. The van der Waals surface area contributed by atoms with Crippen LogP contribution in [0.2, 0.25) is 5.15 Å². The van der Waals surface area contributed by atoms with Crippen LogP contribution in [0.25, 0.3) is 0 Å². The summed E-state index contributed by atoms with van der Waals surface area (Å²) in [7, 11) is 0. The normalized spacial score (nSPS) is 10.2. The van der Waals surface area contributed by atoms with Crippen LogP contribution in [0.1, 0.15) is 24.2 Å². The number of hydrogen-bond acceptors (Lipinski definition) is 3. The molecule has 1 aromatic heterocycles. The molecule has 0 fully saturated rings. The minimum Gasteiger partial charge on any atom is -0.459 e. The molecule has 0 saturated carbocycles. The van der Waals surface area contributed by atoms with Crippen molar-refractivity contribution >= 4 is 17.6 Å². The zero-order chi connectivity index (χ0) is 9.84. The summed E-state index contributed by atoms with van der Waals surface area (Å²) in [6.45, 7) is 3.58. The van der Waals surface area contributed by atoms with E-state index in [0.717, 1.165) is 0 Å². The number of carbonyl (C=O) groups is 1.